The highest BCUT2D eigenvalue weighted by Gasteiger charge is 2.18. The smallest absolute Gasteiger partial charge is 0.338 e. The fourth-order valence-corrected chi connectivity index (χ4v) is 2.86. The van der Waals surface area contributed by atoms with Gasteiger partial charge in [0.15, 0.2) is 16.4 Å². The van der Waals surface area contributed by atoms with Gasteiger partial charge in [0.25, 0.3) is 0 Å². The summed E-state index contributed by atoms with van der Waals surface area (Å²) in [7, 11) is -2.01. The molecule has 0 N–H and O–H groups in total. The van der Waals surface area contributed by atoms with Gasteiger partial charge in [0.05, 0.1) is 23.1 Å². The molecule has 2 rings (SSSR count). The lowest BCUT2D eigenvalue weighted by Crippen LogP contribution is -2.16. The van der Waals surface area contributed by atoms with Gasteiger partial charge in [0.2, 0.25) is 5.78 Å². The van der Waals surface area contributed by atoms with Gasteiger partial charge in [-0.15, -0.1) is 0 Å². The van der Waals surface area contributed by atoms with Gasteiger partial charge in [-0.25, -0.2) is 13.2 Å². The highest BCUT2D eigenvalue weighted by molar-refractivity contribution is 7.90. The monoisotopic (exact) mass is 362 g/mol. The zero-order valence-electron chi connectivity index (χ0n) is 14.1. The summed E-state index contributed by atoms with van der Waals surface area (Å²) in [5, 5.41) is 0. The number of ketones is 1. The second-order valence-electron chi connectivity index (χ2n) is 5.45. The van der Waals surface area contributed by atoms with Crippen molar-refractivity contribution in [2.24, 2.45) is 0 Å². The number of ether oxygens (including phenoxy) is 2. The summed E-state index contributed by atoms with van der Waals surface area (Å²) in [5.74, 6) is -0.784. The average molecular weight is 362 g/mol. The number of sulfone groups is 1. The summed E-state index contributed by atoms with van der Waals surface area (Å²) < 4.78 is 33.4. The SMILES string of the molecule is COc1ccccc1C(=O)COC(=O)c1cc(S(C)(=O)=O)ccc1C. The zero-order chi connectivity index (χ0) is 18.6. The molecule has 0 aromatic heterocycles. The minimum Gasteiger partial charge on any atom is -0.496 e. The number of aryl methyl sites for hydroxylation is 1. The van der Waals surface area contributed by atoms with E-state index < -0.39 is 28.2 Å². The molecule has 0 fully saturated rings. The molecule has 0 aliphatic rings. The van der Waals surface area contributed by atoms with Gasteiger partial charge in [-0.05, 0) is 36.8 Å². The number of carbonyl (C=O) groups is 2. The lowest BCUT2D eigenvalue weighted by Gasteiger charge is -2.10. The standard InChI is InChI=1S/C18H18O6S/c1-12-8-9-13(25(3,21)22)10-15(12)18(20)24-11-16(19)14-6-4-5-7-17(14)23-2/h4-10H,11H2,1-3H3. The van der Waals surface area contributed by atoms with Crippen molar-refractivity contribution < 1.29 is 27.5 Å². The molecule has 0 amide bonds. The fourth-order valence-electron chi connectivity index (χ4n) is 2.21. The van der Waals surface area contributed by atoms with Gasteiger partial charge in [-0.1, -0.05) is 18.2 Å². The van der Waals surface area contributed by atoms with Crippen molar-refractivity contribution >= 4 is 21.6 Å². The van der Waals surface area contributed by atoms with Crippen molar-refractivity contribution in [3.8, 4) is 5.75 Å². The van der Waals surface area contributed by atoms with Crippen LogP contribution in [0.4, 0.5) is 0 Å². The molecule has 0 bridgehead atoms. The molecular weight excluding hydrogens is 344 g/mol. The van der Waals surface area contributed by atoms with Crippen LogP contribution in [-0.2, 0) is 14.6 Å². The molecule has 2 aromatic rings. The number of Topliss-reactive ketones (excluding diaryl/α,β-unsaturated/α-hetero) is 1. The molecule has 0 heterocycles. The van der Waals surface area contributed by atoms with E-state index in [1.54, 1.807) is 31.2 Å². The number of esters is 1. The minimum absolute atomic E-state index is 0.0149. The number of hydrogen-bond acceptors (Lipinski definition) is 6. The molecule has 132 valence electrons. The Morgan fingerprint density at radius 1 is 1.04 bits per heavy atom. The Labute approximate surface area is 146 Å². The van der Waals surface area contributed by atoms with Crippen LogP contribution >= 0.6 is 0 Å². The zero-order valence-corrected chi connectivity index (χ0v) is 14.9. The Bertz CT molecular complexity index is 915. The molecule has 7 heteroatoms. The van der Waals surface area contributed by atoms with E-state index in [1.165, 1.54) is 25.3 Å². The Hall–Kier alpha value is -2.67. The van der Waals surface area contributed by atoms with E-state index >= 15 is 0 Å². The molecule has 0 saturated heterocycles. The summed E-state index contributed by atoms with van der Waals surface area (Å²) in [6, 6.07) is 10.8. The molecule has 0 aliphatic heterocycles. The Morgan fingerprint density at radius 3 is 2.36 bits per heavy atom. The third-order valence-electron chi connectivity index (χ3n) is 3.60. The van der Waals surface area contributed by atoms with Crippen LogP contribution in [0.3, 0.4) is 0 Å². The van der Waals surface area contributed by atoms with Crippen molar-refractivity contribution in [2.75, 3.05) is 20.0 Å². The van der Waals surface area contributed by atoms with E-state index in [9.17, 15) is 18.0 Å². The topological polar surface area (TPSA) is 86.7 Å². The number of methoxy groups -OCH3 is 1. The number of carbonyl (C=O) groups excluding carboxylic acids is 2. The first-order chi connectivity index (χ1) is 11.7. The molecule has 25 heavy (non-hydrogen) atoms. The van der Waals surface area contributed by atoms with E-state index in [1.807, 2.05) is 0 Å². The predicted octanol–water partition coefficient (Wildman–Crippen LogP) is 2.45. The van der Waals surface area contributed by atoms with Gasteiger partial charge in [-0.3, -0.25) is 4.79 Å². The maximum absolute atomic E-state index is 12.2. The van der Waals surface area contributed by atoms with Crippen LogP contribution in [0.15, 0.2) is 47.4 Å². The van der Waals surface area contributed by atoms with E-state index in [0.717, 1.165) is 6.26 Å². The second kappa shape index (κ2) is 7.48. The van der Waals surface area contributed by atoms with Gasteiger partial charge < -0.3 is 9.47 Å². The van der Waals surface area contributed by atoms with E-state index in [4.69, 9.17) is 9.47 Å². The highest BCUT2D eigenvalue weighted by atomic mass is 32.2. The summed E-state index contributed by atoms with van der Waals surface area (Å²) in [6.45, 7) is 1.19. The number of para-hydroxylation sites is 1. The van der Waals surface area contributed by atoms with Gasteiger partial charge in [-0.2, -0.15) is 0 Å². The molecule has 6 nitrogen and oxygen atoms in total. The minimum atomic E-state index is -3.45. The Balaban J connectivity index is 2.17. The average Bonchev–Trinajstić information content (AvgIpc) is 2.58. The third kappa shape index (κ3) is 4.45. The maximum atomic E-state index is 12.2. The molecule has 0 unspecified atom stereocenters. The number of hydrogen-bond donors (Lipinski definition) is 0. The number of rotatable bonds is 6. The van der Waals surface area contributed by atoms with Crippen LogP contribution in [0.5, 0.6) is 5.75 Å². The van der Waals surface area contributed by atoms with Crippen LogP contribution in [0.2, 0.25) is 0 Å². The predicted molar refractivity (Wildman–Crippen MR) is 91.9 cm³/mol. The molecule has 0 atom stereocenters. The highest BCUT2D eigenvalue weighted by Crippen LogP contribution is 2.19. The fraction of sp³-hybridized carbons (Fsp3) is 0.222. The molecule has 0 spiro atoms. The van der Waals surface area contributed by atoms with Crippen LogP contribution in [-0.4, -0.2) is 40.1 Å². The van der Waals surface area contributed by atoms with E-state index in [2.05, 4.69) is 0 Å². The molecule has 0 aliphatic carbocycles. The third-order valence-corrected chi connectivity index (χ3v) is 4.71. The van der Waals surface area contributed by atoms with Crippen molar-refractivity contribution in [2.45, 2.75) is 11.8 Å². The van der Waals surface area contributed by atoms with Crippen molar-refractivity contribution in [3.05, 3.63) is 59.2 Å². The molecular formula is C18H18O6S. The van der Waals surface area contributed by atoms with E-state index in [-0.39, 0.29) is 10.5 Å². The summed E-state index contributed by atoms with van der Waals surface area (Å²) in [4.78, 5) is 24.5. The van der Waals surface area contributed by atoms with Crippen LogP contribution < -0.4 is 4.74 Å². The normalized spacial score (nSPS) is 11.0. The summed E-state index contributed by atoms with van der Waals surface area (Å²) >= 11 is 0. The van der Waals surface area contributed by atoms with Crippen molar-refractivity contribution in [1.82, 2.24) is 0 Å². The molecule has 2 aromatic carbocycles. The quantitative estimate of drug-likeness (QED) is 0.579. The van der Waals surface area contributed by atoms with Crippen LogP contribution in [0, 0.1) is 6.92 Å². The van der Waals surface area contributed by atoms with Crippen LogP contribution in [0.25, 0.3) is 0 Å². The molecule has 0 saturated carbocycles. The van der Waals surface area contributed by atoms with Gasteiger partial charge in [0, 0.05) is 6.26 Å². The van der Waals surface area contributed by atoms with Crippen LogP contribution in [0.1, 0.15) is 26.3 Å². The Kier molecular flexibility index (Phi) is 5.58. The lowest BCUT2D eigenvalue weighted by molar-refractivity contribution is 0.0473. The summed E-state index contributed by atoms with van der Waals surface area (Å²) in [6.07, 6.45) is 1.05. The number of benzene rings is 2. The largest absolute Gasteiger partial charge is 0.496 e. The maximum Gasteiger partial charge on any atom is 0.338 e. The lowest BCUT2D eigenvalue weighted by atomic mass is 10.1. The summed E-state index contributed by atoms with van der Waals surface area (Å²) in [5.41, 5.74) is 0.970. The van der Waals surface area contributed by atoms with Crippen molar-refractivity contribution in [1.29, 1.82) is 0 Å². The molecule has 0 radical (unpaired) electrons. The second-order valence-corrected chi connectivity index (χ2v) is 7.46. The van der Waals surface area contributed by atoms with Gasteiger partial charge >= 0.3 is 5.97 Å². The Morgan fingerprint density at radius 2 is 1.72 bits per heavy atom. The van der Waals surface area contributed by atoms with Crippen molar-refractivity contribution in [3.63, 3.8) is 0 Å². The first kappa shape index (κ1) is 18.7. The van der Waals surface area contributed by atoms with E-state index in [0.29, 0.717) is 16.9 Å². The van der Waals surface area contributed by atoms with Gasteiger partial charge in [0.1, 0.15) is 5.75 Å². The first-order valence-corrected chi connectivity index (χ1v) is 9.27. The first-order valence-electron chi connectivity index (χ1n) is 7.38.